The first kappa shape index (κ1) is 26.0. The minimum Gasteiger partial charge on any atom is -0.354 e. The lowest BCUT2D eigenvalue weighted by molar-refractivity contribution is 1.27. The second kappa shape index (κ2) is 11.9. The fraction of sp³-hybridized carbons (Fsp3) is 0. The summed E-state index contributed by atoms with van der Waals surface area (Å²) in [6.45, 7) is 0. The molecule has 2 aliphatic heterocycles. The fourth-order valence-corrected chi connectivity index (χ4v) is 5.26. The lowest BCUT2D eigenvalue weighted by atomic mass is 10.0. The highest BCUT2D eigenvalue weighted by Crippen LogP contribution is 2.34. The molecule has 0 fully saturated rings. The molecule has 0 saturated heterocycles. The van der Waals surface area contributed by atoms with Crippen molar-refractivity contribution in [3.05, 3.63) is 192 Å². The number of amidine groups is 2. The van der Waals surface area contributed by atoms with Crippen molar-refractivity contribution in [3.63, 3.8) is 0 Å². The Morgan fingerprint density at radius 3 is 1.19 bits per heavy atom. The summed E-state index contributed by atoms with van der Waals surface area (Å²) in [5, 5.41) is 6.83. The van der Waals surface area contributed by atoms with Gasteiger partial charge < -0.3 is 15.6 Å². The molecule has 5 heteroatoms. The second-order valence-corrected chi connectivity index (χ2v) is 10.2. The number of aromatic nitrogens is 1. The van der Waals surface area contributed by atoms with Crippen LogP contribution in [0, 0.1) is 0 Å². The van der Waals surface area contributed by atoms with Crippen LogP contribution in [0.3, 0.4) is 0 Å². The molecule has 4 aromatic carbocycles. The highest BCUT2D eigenvalue weighted by molar-refractivity contribution is 6.09. The Labute approximate surface area is 251 Å². The summed E-state index contributed by atoms with van der Waals surface area (Å²) in [6, 6.07) is 45.2. The Kier molecular flexibility index (Phi) is 7.19. The summed E-state index contributed by atoms with van der Waals surface area (Å²) < 4.78 is 0. The zero-order chi connectivity index (χ0) is 28.8. The molecule has 2 aliphatic rings. The third-order valence-corrected chi connectivity index (χ3v) is 7.23. The Hall–Kier alpha value is -5.94. The number of hydrogen-bond donors (Lipinski definition) is 3. The number of anilines is 2. The molecule has 0 aliphatic carbocycles. The highest BCUT2D eigenvalue weighted by atomic mass is 15.0. The van der Waals surface area contributed by atoms with E-state index in [9.17, 15) is 0 Å². The second-order valence-electron chi connectivity index (χ2n) is 10.2. The van der Waals surface area contributed by atoms with Gasteiger partial charge in [0.25, 0.3) is 0 Å². The molecule has 0 unspecified atom stereocenters. The molecular formula is C38H29N5. The molecule has 5 aromatic rings. The number of H-pyrrole nitrogens is 1. The monoisotopic (exact) mass is 555 g/mol. The van der Waals surface area contributed by atoms with E-state index in [-0.39, 0.29) is 0 Å². The Bertz CT molecular complexity index is 1780. The summed E-state index contributed by atoms with van der Waals surface area (Å²) in [5.74, 6) is 1.61. The molecule has 3 N–H and O–H groups in total. The van der Waals surface area contributed by atoms with Gasteiger partial charge in [-0.05, 0) is 71.8 Å². The van der Waals surface area contributed by atoms with E-state index in [1.54, 1.807) is 0 Å². The van der Waals surface area contributed by atoms with Gasteiger partial charge in [-0.2, -0.15) is 0 Å². The molecular weight excluding hydrogens is 526 g/mol. The van der Waals surface area contributed by atoms with Crippen molar-refractivity contribution in [2.24, 2.45) is 9.98 Å². The molecule has 206 valence electrons. The van der Waals surface area contributed by atoms with Crippen molar-refractivity contribution in [1.82, 2.24) is 4.98 Å². The zero-order valence-electron chi connectivity index (χ0n) is 23.4. The standard InChI is InChI=1S/C38H29N5/c1-5-13-27(14-6-1)37(33-23-25-35(42-33)39-29-17-9-3-10-18-29)31-21-22-32(41-31)38(28-15-7-2-8-16-28)34-24-26-36(43-34)40-30-19-11-4-12-20-30/h1-26,41H,(H,39,42)(H,40,43)/b37-33-,38-34+. The molecule has 0 atom stereocenters. The van der Waals surface area contributed by atoms with E-state index in [0.29, 0.717) is 0 Å². The van der Waals surface area contributed by atoms with E-state index in [2.05, 4.69) is 88.4 Å². The summed E-state index contributed by atoms with van der Waals surface area (Å²) in [7, 11) is 0. The fourth-order valence-electron chi connectivity index (χ4n) is 5.26. The average Bonchev–Trinajstić information content (AvgIpc) is 3.83. The van der Waals surface area contributed by atoms with E-state index in [4.69, 9.17) is 9.98 Å². The van der Waals surface area contributed by atoms with Crippen molar-refractivity contribution < 1.29 is 0 Å². The number of aromatic amines is 1. The van der Waals surface area contributed by atoms with Crippen LogP contribution in [-0.2, 0) is 0 Å². The predicted molar refractivity (Wildman–Crippen MR) is 179 cm³/mol. The number of benzene rings is 4. The minimum atomic E-state index is 0.803. The lowest BCUT2D eigenvalue weighted by Gasteiger charge is -2.11. The first-order valence-electron chi connectivity index (χ1n) is 14.3. The van der Waals surface area contributed by atoms with E-state index in [1.807, 2.05) is 84.9 Å². The Morgan fingerprint density at radius 1 is 0.419 bits per heavy atom. The topological polar surface area (TPSA) is 64.6 Å². The van der Waals surface area contributed by atoms with Crippen molar-refractivity contribution >= 4 is 34.2 Å². The van der Waals surface area contributed by atoms with Crippen molar-refractivity contribution in [2.75, 3.05) is 10.6 Å². The first-order valence-corrected chi connectivity index (χ1v) is 14.3. The van der Waals surface area contributed by atoms with Crippen LogP contribution < -0.4 is 10.6 Å². The van der Waals surface area contributed by atoms with Crippen LogP contribution in [0.1, 0.15) is 22.5 Å². The van der Waals surface area contributed by atoms with Gasteiger partial charge in [-0.3, -0.25) is 0 Å². The van der Waals surface area contributed by atoms with Crippen LogP contribution in [0.25, 0.3) is 11.1 Å². The van der Waals surface area contributed by atoms with Crippen LogP contribution >= 0.6 is 0 Å². The minimum absolute atomic E-state index is 0.803. The Balaban J connectivity index is 1.29. The lowest BCUT2D eigenvalue weighted by Crippen LogP contribution is -2.06. The van der Waals surface area contributed by atoms with Gasteiger partial charge >= 0.3 is 0 Å². The van der Waals surface area contributed by atoms with E-state index >= 15 is 0 Å². The van der Waals surface area contributed by atoms with Gasteiger partial charge in [0.15, 0.2) is 0 Å². The molecule has 3 heterocycles. The number of nitrogens with one attached hydrogen (secondary N) is 3. The first-order chi connectivity index (χ1) is 21.3. The summed E-state index contributed by atoms with van der Waals surface area (Å²) in [6.07, 6.45) is 8.17. The van der Waals surface area contributed by atoms with Gasteiger partial charge in [-0.1, -0.05) is 97.1 Å². The van der Waals surface area contributed by atoms with Gasteiger partial charge in [-0.15, -0.1) is 0 Å². The smallest absolute Gasteiger partial charge is 0.131 e. The maximum atomic E-state index is 4.98. The quantitative estimate of drug-likeness (QED) is 0.196. The number of aliphatic imine (C=N–C) groups is 2. The third kappa shape index (κ3) is 5.78. The number of nitrogens with zero attached hydrogens (tertiary/aromatic N) is 2. The molecule has 0 bridgehead atoms. The number of rotatable bonds is 6. The molecule has 7 rings (SSSR count). The van der Waals surface area contributed by atoms with Gasteiger partial charge in [0.1, 0.15) is 11.7 Å². The summed E-state index contributed by atoms with van der Waals surface area (Å²) in [4.78, 5) is 13.7. The van der Waals surface area contributed by atoms with E-state index in [0.717, 1.165) is 68.1 Å². The number of hydrogen-bond acceptors (Lipinski definition) is 4. The maximum Gasteiger partial charge on any atom is 0.131 e. The molecule has 1 aromatic heterocycles. The molecule has 0 radical (unpaired) electrons. The van der Waals surface area contributed by atoms with Crippen LogP contribution in [0.5, 0.6) is 0 Å². The summed E-state index contributed by atoms with van der Waals surface area (Å²) >= 11 is 0. The molecule has 0 saturated carbocycles. The van der Waals surface area contributed by atoms with Crippen molar-refractivity contribution in [1.29, 1.82) is 0 Å². The van der Waals surface area contributed by atoms with E-state index in [1.165, 1.54) is 0 Å². The van der Waals surface area contributed by atoms with Gasteiger partial charge in [0.05, 0.1) is 11.4 Å². The number of para-hydroxylation sites is 2. The van der Waals surface area contributed by atoms with Gasteiger partial charge in [-0.25, -0.2) is 9.98 Å². The van der Waals surface area contributed by atoms with Crippen LogP contribution in [0.15, 0.2) is 179 Å². The van der Waals surface area contributed by atoms with Crippen LogP contribution in [0.4, 0.5) is 11.4 Å². The third-order valence-electron chi connectivity index (χ3n) is 7.23. The van der Waals surface area contributed by atoms with Crippen LogP contribution in [-0.4, -0.2) is 16.7 Å². The average molecular weight is 556 g/mol. The van der Waals surface area contributed by atoms with Gasteiger partial charge in [0, 0.05) is 33.9 Å². The Morgan fingerprint density at radius 2 is 0.791 bits per heavy atom. The molecule has 0 amide bonds. The summed E-state index contributed by atoms with van der Waals surface area (Å²) in [5.41, 5.74) is 9.97. The molecule has 43 heavy (non-hydrogen) atoms. The highest BCUT2D eigenvalue weighted by Gasteiger charge is 2.20. The largest absolute Gasteiger partial charge is 0.354 e. The molecule has 0 spiro atoms. The van der Waals surface area contributed by atoms with Crippen molar-refractivity contribution in [2.45, 2.75) is 0 Å². The zero-order valence-corrected chi connectivity index (χ0v) is 23.4. The SMILES string of the molecule is C1=C/C(=C(\c2ccccc2)c2ccc(/C(=C3\C=CC(Nc4ccccc4)=N3)c3ccccc3)[nH]2)N=C1Nc1ccccc1. The predicted octanol–water partition coefficient (Wildman–Crippen LogP) is 8.69. The van der Waals surface area contributed by atoms with Gasteiger partial charge in [0.2, 0.25) is 0 Å². The van der Waals surface area contributed by atoms with Crippen molar-refractivity contribution in [3.8, 4) is 0 Å². The maximum absolute atomic E-state index is 4.98. The normalized spacial score (nSPS) is 16.1. The number of allylic oxidation sites excluding steroid dienone is 2. The van der Waals surface area contributed by atoms with Crippen LogP contribution in [0.2, 0.25) is 0 Å². The molecule has 5 nitrogen and oxygen atoms in total. The van der Waals surface area contributed by atoms with E-state index < -0.39 is 0 Å².